The van der Waals surface area contributed by atoms with Crippen molar-refractivity contribution >= 4 is 34.1 Å². The number of carbonyl (C=O) groups excluding carboxylic acids is 1. The Bertz CT molecular complexity index is 868. The molecule has 9 heteroatoms. The van der Waals surface area contributed by atoms with Crippen LogP contribution in [0.2, 0.25) is 0 Å². The molecule has 0 aliphatic carbocycles. The maximum atomic E-state index is 13.0. The van der Waals surface area contributed by atoms with Crippen LogP contribution in [0.1, 0.15) is 31.2 Å². The highest BCUT2D eigenvalue weighted by atomic mass is 32.2. The highest BCUT2D eigenvalue weighted by Crippen LogP contribution is 2.29. The molecule has 2 N–H and O–H groups in total. The van der Waals surface area contributed by atoms with Gasteiger partial charge in [0.05, 0.1) is 24.1 Å². The molecule has 142 valence electrons. The molecule has 3 aromatic rings. The van der Waals surface area contributed by atoms with E-state index < -0.39 is 0 Å². The van der Waals surface area contributed by atoms with E-state index in [4.69, 9.17) is 4.42 Å². The summed E-state index contributed by atoms with van der Waals surface area (Å²) in [5.74, 6) is 0.396. The lowest BCUT2D eigenvalue weighted by molar-refractivity contribution is -0.120. The van der Waals surface area contributed by atoms with Crippen molar-refractivity contribution in [2.75, 3.05) is 5.32 Å². The van der Waals surface area contributed by atoms with E-state index in [1.807, 2.05) is 26.0 Å². The van der Waals surface area contributed by atoms with Crippen molar-refractivity contribution in [3.05, 3.63) is 59.8 Å². The molecule has 1 aromatic carbocycles. The van der Waals surface area contributed by atoms with Gasteiger partial charge in [-0.15, -0.1) is 10.2 Å². The number of anilines is 1. The zero-order chi connectivity index (χ0) is 19.2. The smallest absolute Gasteiger partial charge is 0.233 e. The molecular weight excluding hydrogens is 387 g/mol. The number of nitrogens with zero attached hydrogens (tertiary/aromatic N) is 2. The fraction of sp³-hybridized carbons (Fsp3) is 0.278. The monoisotopic (exact) mass is 406 g/mol. The van der Waals surface area contributed by atoms with Crippen LogP contribution in [0.25, 0.3) is 0 Å². The number of hydrogen-bond acceptors (Lipinski definition) is 7. The zero-order valence-electron chi connectivity index (χ0n) is 14.8. The Morgan fingerprint density at radius 1 is 1.26 bits per heavy atom. The number of thioether (sulfide) groups is 1. The van der Waals surface area contributed by atoms with Crippen molar-refractivity contribution in [3.63, 3.8) is 0 Å². The molecule has 2 atom stereocenters. The molecule has 0 saturated heterocycles. The van der Waals surface area contributed by atoms with Crippen LogP contribution in [0.4, 0.5) is 9.52 Å². The topological polar surface area (TPSA) is 80.1 Å². The van der Waals surface area contributed by atoms with Crippen molar-refractivity contribution in [2.24, 2.45) is 0 Å². The Hall–Kier alpha value is -2.39. The molecule has 0 aliphatic rings. The number of furan rings is 1. The fourth-order valence-electron chi connectivity index (χ4n) is 2.27. The summed E-state index contributed by atoms with van der Waals surface area (Å²) >= 11 is 2.73. The fourth-order valence-corrected chi connectivity index (χ4v) is 4.18. The van der Waals surface area contributed by atoms with Crippen LogP contribution in [-0.4, -0.2) is 21.4 Å². The van der Waals surface area contributed by atoms with Gasteiger partial charge in [-0.2, -0.15) is 0 Å². The first-order valence-corrected chi connectivity index (χ1v) is 10.0. The second-order valence-electron chi connectivity index (χ2n) is 5.85. The molecule has 0 spiro atoms. The Morgan fingerprint density at radius 2 is 2.04 bits per heavy atom. The average Bonchev–Trinajstić information content (AvgIpc) is 3.32. The molecule has 0 saturated carbocycles. The summed E-state index contributed by atoms with van der Waals surface area (Å²) in [6, 6.07) is 9.59. The Balaban J connectivity index is 1.49. The second kappa shape index (κ2) is 9.01. The van der Waals surface area contributed by atoms with Gasteiger partial charge in [0.25, 0.3) is 0 Å². The number of carbonyl (C=O) groups is 1. The number of aromatic nitrogens is 2. The molecule has 0 unspecified atom stereocenters. The van der Waals surface area contributed by atoms with E-state index in [0.717, 1.165) is 11.3 Å². The second-order valence-corrected chi connectivity index (χ2v) is 8.41. The van der Waals surface area contributed by atoms with E-state index in [1.54, 1.807) is 18.4 Å². The number of benzene rings is 1. The van der Waals surface area contributed by atoms with E-state index in [-0.39, 0.29) is 23.0 Å². The lowest BCUT2D eigenvalue weighted by Crippen LogP contribution is -2.33. The van der Waals surface area contributed by atoms with Gasteiger partial charge in [0.15, 0.2) is 4.34 Å². The van der Waals surface area contributed by atoms with Gasteiger partial charge in [-0.25, -0.2) is 4.39 Å². The Labute approximate surface area is 164 Å². The van der Waals surface area contributed by atoms with Gasteiger partial charge in [-0.05, 0) is 43.7 Å². The van der Waals surface area contributed by atoms with Crippen LogP contribution in [0.5, 0.6) is 0 Å². The molecule has 27 heavy (non-hydrogen) atoms. The van der Waals surface area contributed by atoms with Crippen LogP contribution in [0.15, 0.2) is 51.4 Å². The van der Waals surface area contributed by atoms with E-state index in [2.05, 4.69) is 20.8 Å². The molecule has 6 nitrogen and oxygen atoms in total. The number of amides is 1. The van der Waals surface area contributed by atoms with Crippen molar-refractivity contribution < 1.29 is 13.6 Å². The summed E-state index contributed by atoms with van der Waals surface area (Å²) in [5, 5.41) is 14.6. The van der Waals surface area contributed by atoms with Crippen LogP contribution in [0.3, 0.4) is 0 Å². The SMILES string of the molecule is C[C@H](Sc1nnc(NCc2ccco2)s1)C(=O)N[C@H](C)c1ccc(F)cc1. The van der Waals surface area contributed by atoms with Gasteiger partial charge in [0, 0.05) is 0 Å². The maximum absolute atomic E-state index is 13.0. The van der Waals surface area contributed by atoms with Crippen molar-refractivity contribution in [2.45, 2.75) is 36.0 Å². The predicted octanol–water partition coefficient (Wildman–Crippen LogP) is 4.24. The summed E-state index contributed by atoms with van der Waals surface area (Å²) < 4.78 is 19.0. The van der Waals surface area contributed by atoms with E-state index in [1.165, 1.54) is 35.2 Å². The normalized spacial score (nSPS) is 13.1. The van der Waals surface area contributed by atoms with E-state index in [0.29, 0.717) is 16.0 Å². The van der Waals surface area contributed by atoms with Crippen LogP contribution >= 0.6 is 23.1 Å². The minimum Gasteiger partial charge on any atom is -0.467 e. The van der Waals surface area contributed by atoms with Gasteiger partial charge < -0.3 is 15.1 Å². The summed E-state index contributed by atoms with van der Waals surface area (Å²) in [6.45, 7) is 4.20. The lowest BCUT2D eigenvalue weighted by atomic mass is 10.1. The Morgan fingerprint density at radius 3 is 2.74 bits per heavy atom. The van der Waals surface area contributed by atoms with Gasteiger partial charge in [-0.1, -0.05) is 35.2 Å². The number of hydrogen-bond donors (Lipinski definition) is 2. The summed E-state index contributed by atoms with van der Waals surface area (Å²) in [6.07, 6.45) is 1.62. The summed E-state index contributed by atoms with van der Waals surface area (Å²) in [7, 11) is 0. The predicted molar refractivity (Wildman–Crippen MR) is 104 cm³/mol. The zero-order valence-corrected chi connectivity index (χ0v) is 16.4. The average molecular weight is 407 g/mol. The molecule has 0 radical (unpaired) electrons. The van der Waals surface area contributed by atoms with Crippen molar-refractivity contribution in [3.8, 4) is 0 Å². The molecular formula is C18H19FN4O2S2. The number of halogens is 1. The Kier molecular flexibility index (Phi) is 6.46. The number of nitrogens with one attached hydrogen (secondary N) is 2. The van der Waals surface area contributed by atoms with E-state index >= 15 is 0 Å². The molecule has 2 heterocycles. The van der Waals surface area contributed by atoms with Crippen LogP contribution in [0, 0.1) is 5.82 Å². The largest absolute Gasteiger partial charge is 0.467 e. The highest BCUT2D eigenvalue weighted by molar-refractivity contribution is 8.02. The van der Waals surface area contributed by atoms with Gasteiger partial charge in [0.1, 0.15) is 11.6 Å². The minimum absolute atomic E-state index is 0.114. The van der Waals surface area contributed by atoms with Crippen LogP contribution < -0.4 is 10.6 Å². The van der Waals surface area contributed by atoms with Crippen molar-refractivity contribution in [1.82, 2.24) is 15.5 Å². The van der Waals surface area contributed by atoms with Gasteiger partial charge in [-0.3, -0.25) is 4.79 Å². The quantitative estimate of drug-likeness (QED) is 0.545. The number of rotatable bonds is 8. The summed E-state index contributed by atoms with van der Waals surface area (Å²) in [5.41, 5.74) is 0.849. The summed E-state index contributed by atoms with van der Waals surface area (Å²) in [4.78, 5) is 12.4. The van der Waals surface area contributed by atoms with E-state index in [9.17, 15) is 9.18 Å². The minimum atomic E-state index is -0.334. The standard InChI is InChI=1S/C18H19FN4O2S2/c1-11(13-5-7-14(19)8-6-13)21-16(24)12(2)26-18-23-22-17(27-18)20-10-15-4-3-9-25-15/h3-9,11-12H,10H2,1-2H3,(H,20,22)(H,21,24)/t11-,12+/m1/s1. The van der Waals surface area contributed by atoms with Gasteiger partial charge in [0.2, 0.25) is 11.0 Å². The maximum Gasteiger partial charge on any atom is 0.233 e. The molecule has 0 fully saturated rings. The molecule has 0 aliphatic heterocycles. The van der Waals surface area contributed by atoms with Gasteiger partial charge >= 0.3 is 0 Å². The lowest BCUT2D eigenvalue weighted by Gasteiger charge is -2.17. The third-order valence-corrected chi connectivity index (χ3v) is 5.84. The van der Waals surface area contributed by atoms with Crippen LogP contribution in [-0.2, 0) is 11.3 Å². The molecule has 1 amide bonds. The highest BCUT2D eigenvalue weighted by Gasteiger charge is 2.19. The van der Waals surface area contributed by atoms with Crippen molar-refractivity contribution in [1.29, 1.82) is 0 Å². The molecule has 0 bridgehead atoms. The molecule has 3 rings (SSSR count). The first-order valence-electron chi connectivity index (χ1n) is 8.33. The third kappa shape index (κ3) is 5.54. The third-order valence-electron chi connectivity index (χ3n) is 3.78. The molecule has 2 aromatic heterocycles. The first-order chi connectivity index (χ1) is 13.0. The first kappa shape index (κ1) is 19.4.